The molecular formula is C23H21F4N3O5. The molecule has 35 heavy (non-hydrogen) atoms. The van der Waals surface area contributed by atoms with Crippen LogP contribution in [0.25, 0.3) is 0 Å². The second-order valence-electron chi connectivity index (χ2n) is 8.27. The Morgan fingerprint density at radius 3 is 2.43 bits per heavy atom. The van der Waals surface area contributed by atoms with E-state index in [2.05, 4.69) is 10.1 Å². The minimum Gasteiger partial charge on any atom is -0.406 e. The number of hydrogen-bond acceptors (Lipinski definition) is 5. The quantitative estimate of drug-likeness (QED) is 0.509. The number of nitrogens with one attached hydrogen (secondary N) is 1. The zero-order valence-electron chi connectivity index (χ0n) is 18.5. The van der Waals surface area contributed by atoms with Crippen LogP contribution in [0.4, 0.5) is 22.4 Å². The molecule has 2 aromatic carbocycles. The van der Waals surface area contributed by atoms with Crippen LogP contribution in [0.3, 0.4) is 0 Å². The average molecular weight is 495 g/mol. The number of alkyl halides is 3. The maximum absolute atomic E-state index is 13.2. The lowest BCUT2D eigenvalue weighted by atomic mass is 9.92. The van der Waals surface area contributed by atoms with Gasteiger partial charge in [-0.1, -0.05) is 24.3 Å². The Morgan fingerprint density at radius 1 is 1.14 bits per heavy atom. The summed E-state index contributed by atoms with van der Waals surface area (Å²) in [5.41, 5.74) is -0.664. The van der Waals surface area contributed by atoms with Crippen LogP contribution >= 0.6 is 0 Å². The van der Waals surface area contributed by atoms with Crippen molar-refractivity contribution in [3.8, 4) is 5.75 Å². The van der Waals surface area contributed by atoms with Crippen LogP contribution in [0.1, 0.15) is 24.2 Å². The minimum atomic E-state index is -4.87. The van der Waals surface area contributed by atoms with Gasteiger partial charge in [-0.15, -0.1) is 13.2 Å². The van der Waals surface area contributed by atoms with Crippen LogP contribution in [-0.4, -0.2) is 60.2 Å². The first-order valence-corrected chi connectivity index (χ1v) is 10.6. The highest BCUT2D eigenvalue weighted by atomic mass is 19.4. The molecule has 2 unspecified atom stereocenters. The van der Waals surface area contributed by atoms with Gasteiger partial charge in [0.05, 0.1) is 13.2 Å². The average Bonchev–Trinajstić information content (AvgIpc) is 3.03. The van der Waals surface area contributed by atoms with Crippen molar-refractivity contribution >= 4 is 17.8 Å². The Kier molecular flexibility index (Phi) is 6.41. The standard InChI is InChI=1S/C23H21F4N3O5/c1-22(15-4-8-17(9-5-15)35-23(25,26)27)20(32)30(21(33)28-22)13-19(31)29-10-11-34-18(12-29)14-2-6-16(24)7-3-14/h2-9,18H,10-13H2,1H3,(H,28,33). The lowest BCUT2D eigenvalue weighted by molar-refractivity contribution is -0.274. The normalized spacial score (nSPS) is 22.8. The van der Waals surface area contributed by atoms with Crippen molar-refractivity contribution in [2.24, 2.45) is 0 Å². The Bertz CT molecular complexity index is 1120. The SMILES string of the molecule is CC1(c2ccc(OC(F)(F)F)cc2)NC(=O)N(CC(=O)N2CCOC(c3ccc(F)cc3)C2)C1=O. The molecule has 0 aromatic heterocycles. The molecule has 0 radical (unpaired) electrons. The van der Waals surface area contributed by atoms with Gasteiger partial charge in [0.25, 0.3) is 5.91 Å². The van der Waals surface area contributed by atoms with E-state index in [1.165, 1.54) is 36.1 Å². The number of hydrogen-bond donors (Lipinski definition) is 1. The molecule has 2 heterocycles. The number of carbonyl (C=O) groups excluding carboxylic acids is 3. The van der Waals surface area contributed by atoms with E-state index >= 15 is 0 Å². The molecule has 4 amide bonds. The molecule has 8 nitrogen and oxygen atoms in total. The van der Waals surface area contributed by atoms with E-state index in [9.17, 15) is 31.9 Å². The molecular weight excluding hydrogens is 474 g/mol. The van der Waals surface area contributed by atoms with Crippen molar-refractivity contribution in [1.82, 2.24) is 15.1 Å². The molecule has 2 atom stereocenters. The first-order chi connectivity index (χ1) is 16.5. The van der Waals surface area contributed by atoms with Crippen LogP contribution in [0, 0.1) is 5.82 Å². The highest BCUT2D eigenvalue weighted by Crippen LogP contribution is 2.31. The fourth-order valence-electron chi connectivity index (χ4n) is 4.02. The van der Waals surface area contributed by atoms with Gasteiger partial charge in [0.15, 0.2) is 0 Å². The maximum atomic E-state index is 13.2. The fourth-order valence-corrected chi connectivity index (χ4v) is 4.02. The van der Waals surface area contributed by atoms with Crippen molar-refractivity contribution in [2.75, 3.05) is 26.2 Å². The summed E-state index contributed by atoms with van der Waals surface area (Å²) in [7, 11) is 0. The van der Waals surface area contributed by atoms with Crippen molar-refractivity contribution < 1.29 is 41.4 Å². The highest BCUT2D eigenvalue weighted by molar-refractivity contribution is 6.09. The first-order valence-electron chi connectivity index (χ1n) is 10.6. The lowest BCUT2D eigenvalue weighted by Crippen LogP contribution is -2.48. The van der Waals surface area contributed by atoms with Crippen molar-refractivity contribution in [3.63, 3.8) is 0 Å². The highest BCUT2D eigenvalue weighted by Gasteiger charge is 2.50. The van der Waals surface area contributed by atoms with E-state index in [1.807, 2.05) is 0 Å². The number of imide groups is 1. The van der Waals surface area contributed by atoms with Gasteiger partial charge >= 0.3 is 12.4 Å². The van der Waals surface area contributed by atoms with E-state index < -0.39 is 54.0 Å². The number of nitrogens with zero attached hydrogens (tertiary/aromatic N) is 2. The number of morpholine rings is 1. The Labute approximate surface area is 197 Å². The van der Waals surface area contributed by atoms with Crippen molar-refractivity contribution in [3.05, 3.63) is 65.5 Å². The zero-order chi connectivity index (χ0) is 25.4. The summed E-state index contributed by atoms with van der Waals surface area (Å²) in [4.78, 5) is 40.8. The summed E-state index contributed by atoms with van der Waals surface area (Å²) in [6.45, 7) is 1.50. The summed E-state index contributed by atoms with van der Waals surface area (Å²) in [5.74, 6) is -2.08. The second kappa shape index (κ2) is 9.17. The van der Waals surface area contributed by atoms with Gasteiger partial charge in [-0.25, -0.2) is 9.18 Å². The smallest absolute Gasteiger partial charge is 0.406 e. The topological polar surface area (TPSA) is 88.2 Å². The Morgan fingerprint density at radius 2 is 1.80 bits per heavy atom. The Hall–Kier alpha value is -3.67. The molecule has 12 heteroatoms. The predicted molar refractivity (Wildman–Crippen MR) is 112 cm³/mol. The van der Waals surface area contributed by atoms with Gasteiger partial charge < -0.3 is 19.7 Å². The van der Waals surface area contributed by atoms with Gasteiger partial charge in [0, 0.05) is 6.54 Å². The van der Waals surface area contributed by atoms with E-state index in [-0.39, 0.29) is 25.3 Å². The second-order valence-corrected chi connectivity index (χ2v) is 8.27. The fraction of sp³-hybridized carbons (Fsp3) is 0.348. The number of amides is 4. The summed E-state index contributed by atoms with van der Waals surface area (Å²) >= 11 is 0. The van der Waals surface area contributed by atoms with Gasteiger partial charge in [-0.05, 0) is 42.3 Å². The predicted octanol–water partition coefficient (Wildman–Crippen LogP) is 3.09. The van der Waals surface area contributed by atoms with E-state index in [0.717, 1.165) is 17.0 Å². The van der Waals surface area contributed by atoms with Gasteiger partial charge in [0.1, 0.15) is 29.8 Å². The molecule has 0 aliphatic carbocycles. The van der Waals surface area contributed by atoms with E-state index in [1.54, 1.807) is 12.1 Å². The summed E-state index contributed by atoms with van der Waals surface area (Å²) < 4.78 is 59.9. The summed E-state index contributed by atoms with van der Waals surface area (Å²) in [6, 6.07) is 9.42. The zero-order valence-corrected chi connectivity index (χ0v) is 18.5. The van der Waals surface area contributed by atoms with E-state index in [4.69, 9.17) is 4.74 Å². The number of ether oxygens (including phenoxy) is 2. The van der Waals surface area contributed by atoms with Gasteiger partial charge in [0.2, 0.25) is 5.91 Å². The third kappa shape index (κ3) is 5.21. The Balaban J connectivity index is 1.43. The number of carbonyl (C=O) groups is 3. The summed E-state index contributed by atoms with van der Waals surface area (Å²) in [5, 5.41) is 2.51. The number of rotatable bonds is 5. The van der Waals surface area contributed by atoms with E-state index in [0.29, 0.717) is 5.56 Å². The molecule has 2 aromatic rings. The molecule has 1 N–H and O–H groups in total. The molecule has 186 valence electrons. The molecule has 0 spiro atoms. The molecule has 4 rings (SSSR count). The molecule has 2 aliphatic heterocycles. The third-order valence-electron chi connectivity index (χ3n) is 5.89. The molecule has 2 fully saturated rings. The molecule has 2 aliphatic rings. The van der Waals surface area contributed by atoms with Crippen LogP contribution in [0.5, 0.6) is 5.75 Å². The third-order valence-corrected chi connectivity index (χ3v) is 5.89. The van der Waals surface area contributed by atoms with Crippen LogP contribution < -0.4 is 10.1 Å². The first kappa shape index (κ1) is 24.5. The largest absolute Gasteiger partial charge is 0.573 e. The molecule has 0 saturated carbocycles. The van der Waals surface area contributed by atoms with Crippen LogP contribution in [-0.2, 0) is 19.9 Å². The number of benzene rings is 2. The molecule has 2 saturated heterocycles. The lowest BCUT2D eigenvalue weighted by Gasteiger charge is -2.34. The monoisotopic (exact) mass is 495 g/mol. The molecule has 0 bridgehead atoms. The number of halogens is 4. The number of urea groups is 1. The van der Waals surface area contributed by atoms with Crippen molar-refractivity contribution in [2.45, 2.75) is 24.9 Å². The summed E-state index contributed by atoms with van der Waals surface area (Å²) in [6.07, 6.45) is -5.35. The maximum Gasteiger partial charge on any atom is 0.573 e. The van der Waals surface area contributed by atoms with Crippen molar-refractivity contribution in [1.29, 1.82) is 0 Å². The van der Waals surface area contributed by atoms with Crippen LogP contribution in [0.15, 0.2) is 48.5 Å². The van der Waals surface area contributed by atoms with Gasteiger partial charge in [-0.3, -0.25) is 14.5 Å². The van der Waals surface area contributed by atoms with Gasteiger partial charge in [-0.2, -0.15) is 0 Å². The minimum absolute atomic E-state index is 0.159. The van der Waals surface area contributed by atoms with Crippen LogP contribution in [0.2, 0.25) is 0 Å².